The number of benzene rings is 1. The Hall–Kier alpha value is -0.870. The summed E-state index contributed by atoms with van der Waals surface area (Å²) in [7, 11) is 1.41. The second-order valence-electron chi connectivity index (χ2n) is 3.65. The number of hydrogen-bond acceptors (Lipinski definition) is 3. The highest BCUT2D eigenvalue weighted by Gasteiger charge is 2.12. The monoisotopic (exact) mass is 285 g/mol. The maximum atomic E-state index is 11.1. The van der Waals surface area contributed by atoms with Crippen LogP contribution in [0.25, 0.3) is 0 Å². The smallest absolute Gasteiger partial charge is 0.309 e. The Kier molecular flexibility index (Phi) is 5.49. The second-order valence-corrected chi connectivity index (χ2v) is 4.50. The summed E-state index contributed by atoms with van der Waals surface area (Å²) in [5, 5.41) is 3.23. The average Bonchev–Trinajstić information content (AvgIpc) is 2.30. The van der Waals surface area contributed by atoms with Crippen molar-refractivity contribution in [2.75, 3.05) is 13.7 Å². The lowest BCUT2D eigenvalue weighted by Gasteiger charge is -2.11. The minimum absolute atomic E-state index is 0.118. The molecular weight excluding hydrogens is 270 g/mol. The Balaban J connectivity index is 2.36. The molecule has 0 heterocycles. The van der Waals surface area contributed by atoms with E-state index >= 15 is 0 Å². The molecule has 0 aliphatic carbocycles. The molecule has 1 aromatic rings. The van der Waals surface area contributed by atoms with Crippen LogP contribution in [0.4, 0.5) is 0 Å². The molecule has 4 heteroatoms. The summed E-state index contributed by atoms with van der Waals surface area (Å²) in [6, 6.07) is 8.01. The molecule has 0 bridgehead atoms. The van der Waals surface area contributed by atoms with Gasteiger partial charge in [0.2, 0.25) is 0 Å². The van der Waals surface area contributed by atoms with E-state index in [0.29, 0.717) is 6.54 Å². The van der Waals surface area contributed by atoms with E-state index in [1.165, 1.54) is 12.7 Å². The Bertz CT molecular complexity index is 355. The van der Waals surface area contributed by atoms with Crippen molar-refractivity contribution in [1.82, 2.24) is 5.32 Å². The molecular formula is C12H16BrNO2. The molecule has 1 atom stereocenters. The van der Waals surface area contributed by atoms with E-state index in [4.69, 9.17) is 0 Å². The van der Waals surface area contributed by atoms with Crippen LogP contribution in [0.1, 0.15) is 12.5 Å². The molecule has 1 aromatic carbocycles. The summed E-state index contributed by atoms with van der Waals surface area (Å²) in [5.41, 5.74) is 1.18. The molecule has 1 N–H and O–H groups in total. The van der Waals surface area contributed by atoms with Gasteiger partial charge in [0.15, 0.2) is 0 Å². The molecule has 0 saturated heterocycles. The summed E-state index contributed by atoms with van der Waals surface area (Å²) >= 11 is 3.47. The summed E-state index contributed by atoms with van der Waals surface area (Å²) in [6.45, 7) is 3.20. The third kappa shape index (κ3) is 3.94. The highest BCUT2D eigenvalue weighted by Crippen LogP contribution is 2.15. The van der Waals surface area contributed by atoms with Crippen molar-refractivity contribution in [3.63, 3.8) is 0 Å². The number of esters is 1. The van der Waals surface area contributed by atoms with Crippen LogP contribution < -0.4 is 5.32 Å². The molecule has 0 aliphatic rings. The van der Waals surface area contributed by atoms with E-state index < -0.39 is 0 Å². The van der Waals surface area contributed by atoms with Crippen LogP contribution in [0.5, 0.6) is 0 Å². The number of carbonyl (C=O) groups is 1. The van der Waals surface area contributed by atoms with Gasteiger partial charge in [-0.05, 0) is 11.6 Å². The third-order valence-electron chi connectivity index (χ3n) is 2.33. The van der Waals surface area contributed by atoms with Gasteiger partial charge in [0, 0.05) is 17.6 Å². The van der Waals surface area contributed by atoms with E-state index in [1.54, 1.807) is 0 Å². The fraction of sp³-hybridized carbons (Fsp3) is 0.417. The maximum absolute atomic E-state index is 11.1. The zero-order valence-electron chi connectivity index (χ0n) is 9.50. The molecule has 0 amide bonds. The minimum Gasteiger partial charge on any atom is -0.469 e. The number of carbonyl (C=O) groups excluding carboxylic acids is 1. The first-order chi connectivity index (χ1) is 7.65. The van der Waals surface area contributed by atoms with E-state index in [1.807, 2.05) is 31.2 Å². The predicted octanol–water partition coefficient (Wildman–Crippen LogP) is 2.35. The second kappa shape index (κ2) is 6.66. The zero-order valence-corrected chi connectivity index (χ0v) is 11.1. The first-order valence-corrected chi connectivity index (χ1v) is 5.96. The molecule has 3 nitrogen and oxygen atoms in total. The predicted molar refractivity (Wildman–Crippen MR) is 67.0 cm³/mol. The van der Waals surface area contributed by atoms with Crippen molar-refractivity contribution in [3.8, 4) is 0 Å². The first-order valence-electron chi connectivity index (χ1n) is 5.17. The average molecular weight is 286 g/mol. The fourth-order valence-electron chi connectivity index (χ4n) is 1.35. The Morgan fingerprint density at radius 1 is 1.50 bits per heavy atom. The number of methoxy groups -OCH3 is 1. The van der Waals surface area contributed by atoms with Gasteiger partial charge in [0.05, 0.1) is 13.0 Å². The Morgan fingerprint density at radius 2 is 2.19 bits per heavy atom. The lowest BCUT2D eigenvalue weighted by Crippen LogP contribution is -2.27. The highest BCUT2D eigenvalue weighted by atomic mass is 79.9. The summed E-state index contributed by atoms with van der Waals surface area (Å²) in [4.78, 5) is 11.1. The van der Waals surface area contributed by atoms with Gasteiger partial charge in [0.25, 0.3) is 0 Å². The molecule has 0 radical (unpaired) electrons. The SMILES string of the molecule is COC(=O)C(C)CNCc1ccccc1Br. The largest absolute Gasteiger partial charge is 0.469 e. The van der Waals surface area contributed by atoms with Crippen molar-refractivity contribution in [2.24, 2.45) is 5.92 Å². The van der Waals surface area contributed by atoms with Gasteiger partial charge in [-0.15, -0.1) is 0 Å². The van der Waals surface area contributed by atoms with Crippen molar-refractivity contribution >= 4 is 21.9 Å². The van der Waals surface area contributed by atoms with Gasteiger partial charge in [-0.1, -0.05) is 41.1 Å². The van der Waals surface area contributed by atoms with Crippen molar-refractivity contribution in [3.05, 3.63) is 34.3 Å². The normalized spacial score (nSPS) is 12.2. The van der Waals surface area contributed by atoms with Gasteiger partial charge >= 0.3 is 5.97 Å². The quantitative estimate of drug-likeness (QED) is 0.844. The fourth-order valence-corrected chi connectivity index (χ4v) is 1.77. The molecule has 16 heavy (non-hydrogen) atoms. The van der Waals surface area contributed by atoms with Crippen molar-refractivity contribution < 1.29 is 9.53 Å². The Morgan fingerprint density at radius 3 is 2.81 bits per heavy atom. The first kappa shape index (κ1) is 13.2. The van der Waals surface area contributed by atoms with Crippen LogP contribution in [0.15, 0.2) is 28.7 Å². The molecule has 0 fully saturated rings. The van der Waals surface area contributed by atoms with Crippen LogP contribution >= 0.6 is 15.9 Å². The zero-order chi connectivity index (χ0) is 12.0. The lowest BCUT2D eigenvalue weighted by atomic mass is 10.1. The Labute approximate surface area is 104 Å². The summed E-state index contributed by atoms with van der Waals surface area (Å²) in [5.74, 6) is -0.299. The van der Waals surface area contributed by atoms with Crippen LogP contribution in [0, 0.1) is 5.92 Å². The number of halogens is 1. The van der Waals surface area contributed by atoms with Gasteiger partial charge < -0.3 is 10.1 Å². The topological polar surface area (TPSA) is 38.3 Å². The highest BCUT2D eigenvalue weighted by molar-refractivity contribution is 9.10. The van der Waals surface area contributed by atoms with E-state index in [9.17, 15) is 4.79 Å². The number of ether oxygens (including phenoxy) is 1. The van der Waals surface area contributed by atoms with Crippen LogP contribution in [0.2, 0.25) is 0 Å². The van der Waals surface area contributed by atoms with E-state index in [2.05, 4.69) is 26.0 Å². The van der Waals surface area contributed by atoms with E-state index in [-0.39, 0.29) is 11.9 Å². The maximum Gasteiger partial charge on any atom is 0.309 e. The van der Waals surface area contributed by atoms with Gasteiger partial charge in [-0.3, -0.25) is 4.79 Å². The molecule has 88 valence electrons. The van der Waals surface area contributed by atoms with Crippen LogP contribution in [-0.2, 0) is 16.1 Å². The number of rotatable bonds is 5. The lowest BCUT2D eigenvalue weighted by molar-refractivity contribution is -0.144. The number of hydrogen-bond donors (Lipinski definition) is 1. The number of nitrogens with one attached hydrogen (secondary N) is 1. The third-order valence-corrected chi connectivity index (χ3v) is 3.10. The summed E-state index contributed by atoms with van der Waals surface area (Å²) < 4.78 is 5.73. The van der Waals surface area contributed by atoms with Gasteiger partial charge in [-0.2, -0.15) is 0 Å². The summed E-state index contributed by atoms with van der Waals surface area (Å²) in [6.07, 6.45) is 0. The minimum atomic E-state index is -0.181. The van der Waals surface area contributed by atoms with Crippen molar-refractivity contribution in [2.45, 2.75) is 13.5 Å². The standard InChI is InChI=1S/C12H16BrNO2/c1-9(12(15)16-2)7-14-8-10-5-3-4-6-11(10)13/h3-6,9,14H,7-8H2,1-2H3. The molecule has 1 rings (SSSR count). The van der Waals surface area contributed by atoms with Crippen LogP contribution in [-0.4, -0.2) is 19.6 Å². The molecule has 0 spiro atoms. The molecule has 1 unspecified atom stereocenters. The van der Waals surface area contributed by atoms with E-state index in [0.717, 1.165) is 11.0 Å². The van der Waals surface area contributed by atoms with Crippen molar-refractivity contribution in [1.29, 1.82) is 0 Å². The van der Waals surface area contributed by atoms with Gasteiger partial charge in [0.1, 0.15) is 0 Å². The molecule has 0 saturated carbocycles. The van der Waals surface area contributed by atoms with Gasteiger partial charge in [-0.25, -0.2) is 0 Å². The molecule has 0 aromatic heterocycles. The molecule has 0 aliphatic heterocycles. The van der Waals surface area contributed by atoms with Crippen LogP contribution in [0.3, 0.4) is 0 Å².